The molecule has 1 amide bonds. The second-order valence-electron chi connectivity index (χ2n) is 7.85. The maximum atomic E-state index is 13.0. The molecule has 0 aromatic heterocycles. The van der Waals surface area contributed by atoms with Gasteiger partial charge in [-0.05, 0) is 65.7 Å². The summed E-state index contributed by atoms with van der Waals surface area (Å²) in [5.41, 5.74) is 2.03. The zero-order valence-electron chi connectivity index (χ0n) is 18.9. The predicted octanol–water partition coefficient (Wildman–Crippen LogP) is 5.79. The maximum Gasteiger partial charge on any atom is 0.261 e. The zero-order valence-corrected chi connectivity index (χ0v) is 20.5. The molecule has 0 radical (unpaired) electrons. The predicted molar refractivity (Wildman–Crippen MR) is 137 cm³/mol. The molecule has 4 aromatic rings. The molecule has 0 aliphatic rings. The Kier molecular flexibility index (Phi) is 7.87. The van der Waals surface area contributed by atoms with E-state index in [1.807, 2.05) is 12.1 Å². The number of benzene rings is 4. The molecule has 0 aliphatic heterocycles. The molecule has 0 heterocycles. The highest BCUT2D eigenvalue weighted by molar-refractivity contribution is 7.92. The van der Waals surface area contributed by atoms with Gasteiger partial charge in [0, 0.05) is 12.2 Å². The number of hydrogen-bond acceptors (Lipinski definition) is 4. The number of halogens is 2. The van der Waals surface area contributed by atoms with Gasteiger partial charge in [-0.25, -0.2) is 12.8 Å². The van der Waals surface area contributed by atoms with Crippen LogP contribution in [0.3, 0.4) is 0 Å². The van der Waals surface area contributed by atoms with E-state index < -0.39 is 15.9 Å². The van der Waals surface area contributed by atoms with Crippen molar-refractivity contribution in [2.45, 2.75) is 18.0 Å². The Morgan fingerprint density at radius 1 is 0.861 bits per heavy atom. The number of hydrogen-bond donors (Lipinski definition) is 2. The van der Waals surface area contributed by atoms with Crippen molar-refractivity contribution >= 4 is 33.2 Å². The molecule has 6 nitrogen and oxygen atoms in total. The van der Waals surface area contributed by atoms with Gasteiger partial charge in [-0.15, -0.1) is 0 Å². The van der Waals surface area contributed by atoms with Crippen LogP contribution < -0.4 is 14.8 Å². The largest absolute Gasteiger partial charge is 0.489 e. The van der Waals surface area contributed by atoms with Gasteiger partial charge < -0.3 is 10.1 Å². The molecule has 0 spiro atoms. The van der Waals surface area contributed by atoms with E-state index in [1.54, 1.807) is 42.5 Å². The Morgan fingerprint density at radius 2 is 1.53 bits per heavy atom. The normalized spacial score (nSPS) is 11.1. The third-order valence-electron chi connectivity index (χ3n) is 5.21. The van der Waals surface area contributed by atoms with Crippen molar-refractivity contribution in [2.75, 3.05) is 4.72 Å². The van der Waals surface area contributed by atoms with Gasteiger partial charge in [-0.3, -0.25) is 9.52 Å². The topological polar surface area (TPSA) is 84.5 Å². The molecule has 0 saturated carbocycles. The molecular formula is C27H22ClFN2O4S. The van der Waals surface area contributed by atoms with Gasteiger partial charge in [-0.1, -0.05) is 54.1 Å². The van der Waals surface area contributed by atoms with E-state index >= 15 is 0 Å². The van der Waals surface area contributed by atoms with Crippen LogP contribution in [0.4, 0.5) is 10.1 Å². The van der Waals surface area contributed by atoms with E-state index in [9.17, 15) is 17.6 Å². The van der Waals surface area contributed by atoms with E-state index in [4.69, 9.17) is 16.3 Å². The van der Waals surface area contributed by atoms with Crippen molar-refractivity contribution in [3.63, 3.8) is 0 Å². The van der Waals surface area contributed by atoms with Gasteiger partial charge in [-0.2, -0.15) is 0 Å². The average Bonchev–Trinajstić information content (AvgIpc) is 2.89. The summed E-state index contributed by atoms with van der Waals surface area (Å²) >= 11 is 6.20. The summed E-state index contributed by atoms with van der Waals surface area (Å²) < 4.78 is 46.3. The molecule has 4 rings (SSSR count). The highest BCUT2D eigenvalue weighted by atomic mass is 35.5. The molecule has 0 atom stereocenters. The maximum absolute atomic E-state index is 13.0. The van der Waals surface area contributed by atoms with Gasteiger partial charge in [0.2, 0.25) is 0 Å². The number of ether oxygens (including phenoxy) is 1. The molecular weight excluding hydrogens is 503 g/mol. The first kappa shape index (κ1) is 25.2. The quantitative estimate of drug-likeness (QED) is 0.290. The minimum atomic E-state index is -3.81. The van der Waals surface area contributed by atoms with Crippen LogP contribution in [0.1, 0.15) is 21.5 Å². The van der Waals surface area contributed by atoms with E-state index in [2.05, 4.69) is 10.0 Å². The zero-order chi connectivity index (χ0) is 25.5. The Labute approximate surface area is 213 Å². The summed E-state index contributed by atoms with van der Waals surface area (Å²) in [5, 5.41) is 2.98. The summed E-state index contributed by atoms with van der Waals surface area (Å²) in [6, 6.07) is 25.5. The molecule has 0 saturated heterocycles. The van der Waals surface area contributed by atoms with Crippen LogP contribution in [-0.2, 0) is 23.2 Å². The fourth-order valence-corrected chi connectivity index (χ4v) is 4.58. The lowest BCUT2D eigenvalue weighted by Gasteiger charge is -2.12. The molecule has 0 bridgehead atoms. The molecule has 184 valence electrons. The molecule has 0 unspecified atom stereocenters. The third kappa shape index (κ3) is 6.62. The Bertz CT molecular complexity index is 1450. The van der Waals surface area contributed by atoms with Crippen molar-refractivity contribution in [1.29, 1.82) is 0 Å². The van der Waals surface area contributed by atoms with Gasteiger partial charge in [0.25, 0.3) is 15.9 Å². The van der Waals surface area contributed by atoms with Crippen LogP contribution in [0.15, 0.2) is 102 Å². The second-order valence-corrected chi connectivity index (χ2v) is 9.94. The summed E-state index contributed by atoms with van der Waals surface area (Å²) in [6.45, 7) is 0.534. The van der Waals surface area contributed by atoms with Crippen molar-refractivity contribution in [3.8, 4) is 5.75 Å². The number of nitrogens with one attached hydrogen (secondary N) is 2. The van der Waals surface area contributed by atoms with Crippen LogP contribution in [0.5, 0.6) is 5.75 Å². The van der Waals surface area contributed by atoms with E-state index in [0.29, 0.717) is 12.4 Å². The first-order valence-corrected chi connectivity index (χ1v) is 12.8. The summed E-state index contributed by atoms with van der Waals surface area (Å²) in [7, 11) is -3.81. The number of amides is 1. The Morgan fingerprint density at radius 3 is 2.22 bits per heavy atom. The Hall–Kier alpha value is -3.88. The number of carbonyl (C=O) groups excluding carboxylic acids is 1. The van der Waals surface area contributed by atoms with Crippen molar-refractivity contribution in [2.24, 2.45) is 0 Å². The van der Waals surface area contributed by atoms with Gasteiger partial charge in [0.1, 0.15) is 18.2 Å². The monoisotopic (exact) mass is 524 g/mol. The molecule has 0 fully saturated rings. The van der Waals surface area contributed by atoms with Gasteiger partial charge in [0.15, 0.2) is 0 Å². The lowest BCUT2D eigenvalue weighted by atomic mass is 10.1. The van der Waals surface area contributed by atoms with E-state index in [-0.39, 0.29) is 33.5 Å². The van der Waals surface area contributed by atoms with E-state index in [1.165, 1.54) is 42.5 Å². The highest BCUT2D eigenvalue weighted by Crippen LogP contribution is 2.23. The van der Waals surface area contributed by atoms with E-state index in [0.717, 1.165) is 11.1 Å². The second kappa shape index (κ2) is 11.2. The molecule has 36 heavy (non-hydrogen) atoms. The third-order valence-corrected chi connectivity index (χ3v) is 6.94. The summed E-state index contributed by atoms with van der Waals surface area (Å²) in [5.74, 6) is -0.111. The van der Waals surface area contributed by atoms with Gasteiger partial charge >= 0.3 is 0 Å². The van der Waals surface area contributed by atoms with Crippen LogP contribution in [0.2, 0.25) is 5.02 Å². The van der Waals surface area contributed by atoms with Crippen molar-refractivity contribution in [3.05, 3.63) is 125 Å². The molecule has 9 heteroatoms. The lowest BCUT2D eigenvalue weighted by Crippen LogP contribution is -2.23. The Balaban J connectivity index is 1.35. The van der Waals surface area contributed by atoms with Crippen molar-refractivity contribution < 1.29 is 22.3 Å². The SMILES string of the molecule is O=C(NCc1ccc(OCc2ccc(F)cc2)cc1)c1cc(NS(=O)(=O)c2ccccc2)ccc1Cl. The molecule has 0 aliphatic carbocycles. The summed E-state index contributed by atoms with van der Waals surface area (Å²) in [4.78, 5) is 12.9. The number of sulfonamides is 1. The minimum Gasteiger partial charge on any atom is -0.489 e. The van der Waals surface area contributed by atoms with Crippen molar-refractivity contribution in [1.82, 2.24) is 5.32 Å². The fourth-order valence-electron chi connectivity index (χ4n) is 3.30. The number of carbonyl (C=O) groups is 1. The van der Waals surface area contributed by atoms with Crippen LogP contribution in [0, 0.1) is 5.82 Å². The first-order valence-electron chi connectivity index (χ1n) is 10.9. The van der Waals surface area contributed by atoms with Crippen LogP contribution in [-0.4, -0.2) is 14.3 Å². The highest BCUT2D eigenvalue weighted by Gasteiger charge is 2.16. The van der Waals surface area contributed by atoms with Crippen LogP contribution >= 0.6 is 11.6 Å². The van der Waals surface area contributed by atoms with Crippen LogP contribution in [0.25, 0.3) is 0 Å². The first-order chi connectivity index (χ1) is 17.3. The number of rotatable bonds is 9. The molecule has 4 aromatic carbocycles. The lowest BCUT2D eigenvalue weighted by molar-refractivity contribution is 0.0951. The van der Waals surface area contributed by atoms with Gasteiger partial charge in [0.05, 0.1) is 15.5 Å². The number of anilines is 1. The minimum absolute atomic E-state index is 0.107. The molecule has 2 N–H and O–H groups in total. The smallest absolute Gasteiger partial charge is 0.261 e. The average molecular weight is 525 g/mol. The summed E-state index contributed by atoms with van der Waals surface area (Å²) in [6.07, 6.45) is 0. The fraction of sp³-hybridized carbons (Fsp3) is 0.0741. The standard InChI is InChI=1S/C27H22ClFN2O4S/c28-26-15-12-22(31-36(33,34)24-4-2-1-3-5-24)16-25(26)27(32)30-17-19-8-13-23(14-9-19)35-18-20-6-10-21(29)11-7-20/h1-16,31H,17-18H2,(H,30,32).